The summed E-state index contributed by atoms with van der Waals surface area (Å²) in [6, 6.07) is 7.63. The molecule has 1 aromatic rings. The molecule has 0 aliphatic carbocycles. The van der Waals surface area contributed by atoms with E-state index in [1.807, 2.05) is 31.2 Å². The summed E-state index contributed by atoms with van der Waals surface area (Å²) in [5.74, 6) is -0.197. The van der Waals surface area contributed by atoms with Gasteiger partial charge in [-0.2, -0.15) is 0 Å². The van der Waals surface area contributed by atoms with Gasteiger partial charge in [-0.05, 0) is 18.1 Å². The second-order valence-corrected chi connectivity index (χ2v) is 2.81. The molecular formula is C10H11NO2. The summed E-state index contributed by atoms with van der Waals surface area (Å²) in [6.45, 7) is 1.94. The van der Waals surface area contributed by atoms with Gasteiger partial charge in [-0.1, -0.05) is 29.4 Å². The van der Waals surface area contributed by atoms with Crippen LogP contribution in [0, 0.1) is 6.92 Å². The highest BCUT2D eigenvalue weighted by atomic mass is 16.4. The predicted molar refractivity (Wildman–Crippen MR) is 50.2 cm³/mol. The van der Waals surface area contributed by atoms with E-state index in [-0.39, 0.29) is 12.2 Å². The number of hydrogen-bond donors (Lipinski definition) is 1. The number of ketones is 1. The van der Waals surface area contributed by atoms with E-state index in [0.717, 1.165) is 17.3 Å². The highest BCUT2D eigenvalue weighted by Gasteiger charge is 2.02. The maximum Gasteiger partial charge on any atom is 0.181 e. The molecule has 0 aromatic heterocycles. The Hall–Kier alpha value is -1.64. The van der Waals surface area contributed by atoms with Gasteiger partial charge in [-0.25, -0.2) is 0 Å². The quantitative estimate of drug-likeness (QED) is 0.432. The maximum atomic E-state index is 11.1. The van der Waals surface area contributed by atoms with Crippen LogP contribution in [0.15, 0.2) is 29.4 Å². The Morgan fingerprint density at radius 2 is 2.23 bits per heavy atom. The minimum Gasteiger partial charge on any atom is -0.411 e. The molecule has 0 aliphatic heterocycles. The van der Waals surface area contributed by atoms with Crippen LogP contribution >= 0.6 is 0 Å². The molecule has 0 unspecified atom stereocenters. The minimum absolute atomic E-state index is 0.197. The second-order valence-electron chi connectivity index (χ2n) is 2.81. The van der Waals surface area contributed by atoms with E-state index in [9.17, 15) is 4.79 Å². The normalized spacial score (nSPS) is 10.5. The van der Waals surface area contributed by atoms with E-state index < -0.39 is 0 Å². The van der Waals surface area contributed by atoms with Gasteiger partial charge in [-0.15, -0.1) is 0 Å². The van der Waals surface area contributed by atoms with E-state index in [4.69, 9.17) is 5.21 Å². The summed E-state index contributed by atoms with van der Waals surface area (Å²) in [5.41, 5.74) is 2.04. The molecular weight excluding hydrogens is 166 g/mol. The van der Waals surface area contributed by atoms with Gasteiger partial charge < -0.3 is 5.21 Å². The lowest BCUT2D eigenvalue weighted by atomic mass is 10.0. The minimum atomic E-state index is -0.197. The monoisotopic (exact) mass is 177 g/mol. The van der Waals surface area contributed by atoms with Gasteiger partial charge in [0.25, 0.3) is 0 Å². The Bertz CT molecular complexity index is 331. The molecule has 68 valence electrons. The van der Waals surface area contributed by atoms with Crippen molar-refractivity contribution in [3.63, 3.8) is 0 Å². The third-order valence-corrected chi connectivity index (χ3v) is 1.83. The number of hydrogen-bond acceptors (Lipinski definition) is 3. The molecule has 1 aromatic carbocycles. The van der Waals surface area contributed by atoms with E-state index in [1.54, 1.807) is 0 Å². The van der Waals surface area contributed by atoms with Gasteiger partial charge in [-0.3, -0.25) is 4.79 Å². The molecule has 0 saturated heterocycles. The van der Waals surface area contributed by atoms with Crippen molar-refractivity contribution >= 4 is 12.0 Å². The zero-order valence-electron chi connectivity index (χ0n) is 7.40. The van der Waals surface area contributed by atoms with Crippen molar-refractivity contribution in [2.75, 3.05) is 0 Å². The highest BCUT2D eigenvalue weighted by Crippen LogP contribution is 2.07. The van der Waals surface area contributed by atoms with Crippen LogP contribution < -0.4 is 0 Å². The molecule has 0 fully saturated rings. The van der Waals surface area contributed by atoms with Crippen LogP contribution in [0.1, 0.15) is 11.1 Å². The Balaban J connectivity index is 2.74. The third-order valence-electron chi connectivity index (χ3n) is 1.83. The summed E-state index contributed by atoms with van der Waals surface area (Å²) in [4.78, 5) is 11.1. The molecule has 0 amide bonds. The van der Waals surface area contributed by atoms with Gasteiger partial charge in [0.2, 0.25) is 0 Å². The molecule has 1 rings (SSSR count). The SMILES string of the molecule is Cc1ccccc1CC(=O)/C=N/O. The molecule has 0 saturated carbocycles. The van der Waals surface area contributed by atoms with Crippen LogP contribution in [0.25, 0.3) is 0 Å². The highest BCUT2D eigenvalue weighted by molar-refractivity contribution is 6.27. The van der Waals surface area contributed by atoms with E-state index in [0.29, 0.717) is 0 Å². The van der Waals surface area contributed by atoms with Crippen molar-refractivity contribution in [1.29, 1.82) is 0 Å². The van der Waals surface area contributed by atoms with E-state index in [2.05, 4.69) is 5.16 Å². The van der Waals surface area contributed by atoms with Gasteiger partial charge in [0, 0.05) is 6.42 Å². The predicted octanol–water partition coefficient (Wildman–Crippen LogP) is 1.57. The smallest absolute Gasteiger partial charge is 0.181 e. The lowest BCUT2D eigenvalue weighted by molar-refractivity contribution is -0.112. The fraction of sp³-hybridized carbons (Fsp3) is 0.200. The average molecular weight is 177 g/mol. The van der Waals surface area contributed by atoms with Crippen molar-refractivity contribution in [3.8, 4) is 0 Å². The van der Waals surface area contributed by atoms with Gasteiger partial charge in [0.05, 0.1) is 0 Å². The van der Waals surface area contributed by atoms with Crippen molar-refractivity contribution < 1.29 is 10.0 Å². The lowest BCUT2D eigenvalue weighted by Gasteiger charge is -2.00. The molecule has 1 N–H and O–H groups in total. The van der Waals surface area contributed by atoms with Crippen molar-refractivity contribution in [2.24, 2.45) is 5.16 Å². The Morgan fingerprint density at radius 1 is 1.54 bits per heavy atom. The van der Waals surface area contributed by atoms with Crippen molar-refractivity contribution in [3.05, 3.63) is 35.4 Å². The first-order chi connectivity index (χ1) is 6.24. The van der Waals surface area contributed by atoms with Crippen molar-refractivity contribution in [2.45, 2.75) is 13.3 Å². The molecule has 3 nitrogen and oxygen atoms in total. The molecule has 0 radical (unpaired) electrons. The van der Waals surface area contributed by atoms with Gasteiger partial charge in [0.1, 0.15) is 6.21 Å². The summed E-state index contributed by atoms with van der Waals surface area (Å²) in [7, 11) is 0. The first-order valence-corrected chi connectivity index (χ1v) is 3.99. The summed E-state index contributed by atoms with van der Waals surface area (Å²) >= 11 is 0. The Kier molecular flexibility index (Phi) is 3.20. The number of rotatable bonds is 3. The molecule has 0 heterocycles. The zero-order valence-corrected chi connectivity index (χ0v) is 7.40. The van der Waals surface area contributed by atoms with Crippen LogP contribution in [-0.4, -0.2) is 17.2 Å². The number of nitrogens with zero attached hydrogens (tertiary/aromatic N) is 1. The summed E-state index contributed by atoms with van der Waals surface area (Å²) in [6.07, 6.45) is 1.21. The third kappa shape index (κ3) is 2.71. The molecule has 0 aliphatic rings. The number of carbonyl (C=O) groups is 1. The number of benzene rings is 1. The fourth-order valence-electron chi connectivity index (χ4n) is 1.11. The number of Topliss-reactive ketones (excluding diaryl/α,β-unsaturated/α-hetero) is 1. The van der Waals surface area contributed by atoms with Crippen LogP contribution in [0.2, 0.25) is 0 Å². The molecule has 0 atom stereocenters. The molecule has 0 spiro atoms. The first kappa shape index (κ1) is 9.45. The van der Waals surface area contributed by atoms with Crippen LogP contribution in [0.3, 0.4) is 0 Å². The molecule has 13 heavy (non-hydrogen) atoms. The number of aryl methyl sites for hydroxylation is 1. The van der Waals surface area contributed by atoms with Crippen LogP contribution in [-0.2, 0) is 11.2 Å². The standard InChI is InChI=1S/C10H11NO2/c1-8-4-2-3-5-9(8)6-10(12)7-11-13/h2-5,7,13H,6H2,1H3/b11-7+. The fourth-order valence-corrected chi connectivity index (χ4v) is 1.11. The van der Waals surface area contributed by atoms with E-state index >= 15 is 0 Å². The average Bonchev–Trinajstić information content (AvgIpc) is 2.09. The largest absolute Gasteiger partial charge is 0.411 e. The number of carbonyl (C=O) groups excluding carboxylic acids is 1. The molecule has 0 bridgehead atoms. The first-order valence-electron chi connectivity index (χ1n) is 3.99. The van der Waals surface area contributed by atoms with Crippen LogP contribution in [0.5, 0.6) is 0 Å². The zero-order chi connectivity index (χ0) is 9.68. The summed E-state index contributed by atoms with van der Waals surface area (Å²) < 4.78 is 0. The summed E-state index contributed by atoms with van der Waals surface area (Å²) in [5, 5.41) is 10.8. The Morgan fingerprint density at radius 3 is 2.85 bits per heavy atom. The maximum absolute atomic E-state index is 11.1. The Labute approximate surface area is 76.7 Å². The van der Waals surface area contributed by atoms with Gasteiger partial charge >= 0.3 is 0 Å². The topological polar surface area (TPSA) is 49.7 Å². The van der Waals surface area contributed by atoms with Crippen molar-refractivity contribution in [1.82, 2.24) is 0 Å². The van der Waals surface area contributed by atoms with Gasteiger partial charge in [0.15, 0.2) is 5.78 Å². The van der Waals surface area contributed by atoms with E-state index in [1.165, 1.54) is 0 Å². The van der Waals surface area contributed by atoms with Crippen LogP contribution in [0.4, 0.5) is 0 Å². The number of oxime groups is 1. The molecule has 3 heteroatoms. The lowest BCUT2D eigenvalue weighted by Crippen LogP contribution is -2.04. The second kappa shape index (κ2) is 4.40.